The summed E-state index contributed by atoms with van der Waals surface area (Å²) in [5.41, 5.74) is 0.0503. The molecule has 0 aromatic rings. The molecule has 0 saturated carbocycles. The molecule has 0 aliphatic heterocycles. The van der Waals surface area contributed by atoms with Crippen molar-refractivity contribution in [3.8, 4) is 0 Å². The summed E-state index contributed by atoms with van der Waals surface area (Å²) >= 11 is 0. The Balaban J connectivity index is 4.47. The summed E-state index contributed by atoms with van der Waals surface area (Å²) in [6, 6.07) is -0.0186. The van der Waals surface area contributed by atoms with Gasteiger partial charge in [-0.1, -0.05) is 27.7 Å². The minimum absolute atomic E-state index is 0.0186. The molecule has 0 heterocycles. The third kappa shape index (κ3) is 3.90. The molecule has 0 aliphatic carbocycles. The van der Waals surface area contributed by atoms with E-state index in [9.17, 15) is 4.79 Å². The molecule has 2 heteroatoms. The van der Waals surface area contributed by atoms with Gasteiger partial charge in [-0.2, -0.15) is 0 Å². The van der Waals surface area contributed by atoms with Crippen LogP contribution in [-0.4, -0.2) is 18.9 Å². The highest BCUT2D eigenvalue weighted by molar-refractivity contribution is 5.82. The normalized spacial score (nSPS) is 14.7. The van der Waals surface area contributed by atoms with Crippen molar-refractivity contribution in [1.29, 1.82) is 0 Å². The maximum atomic E-state index is 11.3. The van der Waals surface area contributed by atoms with E-state index in [0.29, 0.717) is 5.92 Å². The Labute approximate surface area is 82.1 Å². The molecule has 78 valence electrons. The maximum absolute atomic E-state index is 11.3. The molecule has 0 bridgehead atoms. The van der Waals surface area contributed by atoms with Crippen LogP contribution >= 0.6 is 0 Å². The van der Waals surface area contributed by atoms with Crippen LogP contribution in [0.3, 0.4) is 0 Å². The second kappa shape index (κ2) is 4.75. The highest BCUT2D eigenvalue weighted by Crippen LogP contribution is 2.29. The molecule has 0 unspecified atom stereocenters. The minimum atomic E-state index is -0.0186. The smallest absolute Gasteiger partial charge is 0.147 e. The van der Waals surface area contributed by atoms with Crippen molar-refractivity contribution < 1.29 is 4.79 Å². The minimum Gasteiger partial charge on any atom is -0.310 e. The summed E-state index contributed by atoms with van der Waals surface area (Å²) in [7, 11) is 1.86. The molecular weight excluding hydrogens is 162 g/mol. The lowest BCUT2D eigenvalue weighted by molar-refractivity contribution is -0.121. The second-order valence-electron chi connectivity index (χ2n) is 4.92. The van der Waals surface area contributed by atoms with Crippen molar-refractivity contribution in [2.45, 2.75) is 47.1 Å². The first kappa shape index (κ1) is 12.6. The zero-order valence-electron chi connectivity index (χ0n) is 9.77. The largest absolute Gasteiger partial charge is 0.310 e. The van der Waals surface area contributed by atoms with E-state index in [-0.39, 0.29) is 17.2 Å². The monoisotopic (exact) mass is 185 g/mol. The van der Waals surface area contributed by atoms with Crippen molar-refractivity contribution in [2.24, 2.45) is 11.3 Å². The van der Waals surface area contributed by atoms with Crippen LogP contribution in [-0.2, 0) is 4.79 Å². The average Bonchev–Trinajstić information content (AvgIpc) is 1.82. The van der Waals surface area contributed by atoms with Crippen molar-refractivity contribution in [3.63, 3.8) is 0 Å². The fraction of sp³-hybridized carbons (Fsp3) is 0.909. The number of nitrogens with one attached hydrogen (secondary N) is 1. The topological polar surface area (TPSA) is 29.1 Å². The standard InChI is InChI=1S/C11H23NO/c1-8(2)7-11(4,5)10(12-6)9(3)13/h8,10,12H,7H2,1-6H3/t10-/m0/s1. The van der Waals surface area contributed by atoms with Crippen LogP contribution in [0.25, 0.3) is 0 Å². The number of ketones is 1. The van der Waals surface area contributed by atoms with E-state index in [1.165, 1.54) is 0 Å². The van der Waals surface area contributed by atoms with Crippen molar-refractivity contribution in [2.75, 3.05) is 7.05 Å². The Bertz CT molecular complexity index is 173. The second-order valence-corrected chi connectivity index (χ2v) is 4.92. The lowest BCUT2D eigenvalue weighted by atomic mass is 9.76. The molecule has 0 fully saturated rings. The molecule has 0 aliphatic rings. The van der Waals surface area contributed by atoms with Gasteiger partial charge in [-0.05, 0) is 31.7 Å². The van der Waals surface area contributed by atoms with Crippen LogP contribution in [0.15, 0.2) is 0 Å². The number of likely N-dealkylation sites (N-methyl/N-ethyl adjacent to an activating group) is 1. The maximum Gasteiger partial charge on any atom is 0.147 e. The van der Waals surface area contributed by atoms with Gasteiger partial charge in [0.1, 0.15) is 5.78 Å². The van der Waals surface area contributed by atoms with Gasteiger partial charge in [0.2, 0.25) is 0 Å². The molecule has 1 atom stereocenters. The van der Waals surface area contributed by atoms with Gasteiger partial charge in [0.15, 0.2) is 0 Å². The molecular formula is C11H23NO. The van der Waals surface area contributed by atoms with Gasteiger partial charge in [0, 0.05) is 0 Å². The molecule has 0 aromatic heterocycles. The molecule has 0 aromatic carbocycles. The van der Waals surface area contributed by atoms with Gasteiger partial charge in [0.25, 0.3) is 0 Å². The lowest BCUT2D eigenvalue weighted by Gasteiger charge is -2.33. The van der Waals surface area contributed by atoms with Gasteiger partial charge in [-0.3, -0.25) is 4.79 Å². The van der Waals surface area contributed by atoms with Gasteiger partial charge in [-0.15, -0.1) is 0 Å². The van der Waals surface area contributed by atoms with Crippen LogP contribution in [0.2, 0.25) is 0 Å². The predicted octanol–water partition coefficient (Wildman–Crippen LogP) is 2.24. The number of rotatable bonds is 5. The number of hydrogen-bond donors (Lipinski definition) is 1. The SMILES string of the molecule is CN[C@@H](C(C)=O)C(C)(C)CC(C)C. The van der Waals surface area contributed by atoms with Crippen molar-refractivity contribution in [1.82, 2.24) is 5.32 Å². The number of carbonyl (C=O) groups is 1. The zero-order valence-corrected chi connectivity index (χ0v) is 9.77. The summed E-state index contributed by atoms with van der Waals surface area (Å²) in [5.74, 6) is 0.860. The van der Waals surface area contributed by atoms with Crippen molar-refractivity contribution >= 4 is 5.78 Å². The molecule has 0 spiro atoms. The van der Waals surface area contributed by atoms with Crippen LogP contribution in [0.5, 0.6) is 0 Å². The summed E-state index contributed by atoms with van der Waals surface area (Å²) in [5, 5.41) is 3.10. The van der Waals surface area contributed by atoms with E-state index in [4.69, 9.17) is 0 Å². The highest BCUT2D eigenvalue weighted by atomic mass is 16.1. The van der Waals surface area contributed by atoms with Crippen LogP contribution < -0.4 is 5.32 Å². The fourth-order valence-electron chi connectivity index (χ4n) is 2.31. The summed E-state index contributed by atoms with van der Waals surface area (Å²) < 4.78 is 0. The predicted molar refractivity (Wildman–Crippen MR) is 56.8 cm³/mol. The molecule has 0 amide bonds. The van der Waals surface area contributed by atoms with E-state index in [0.717, 1.165) is 6.42 Å². The van der Waals surface area contributed by atoms with Gasteiger partial charge < -0.3 is 5.32 Å². The Kier molecular flexibility index (Phi) is 4.62. The Morgan fingerprint density at radius 3 is 2.08 bits per heavy atom. The number of hydrogen-bond acceptors (Lipinski definition) is 2. The first-order valence-corrected chi connectivity index (χ1v) is 4.99. The molecule has 0 radical (unpaired) electrons. The van der Waals surface area contributed by atoms with Gasteiger partial charge in [0.05, 0.1) is 6.04 Å². The van der Waals surface area contributed by atoms with Gasteiger partial charge >= 0.3 is 0 Å². The quantitative estimate of drug-likeness (QED) is 0.711. The first-order chi connectivity index (χ1) is 5.81. The Hall–Kier alpha value is -0.370. The highest BCUT2D eigenvalue weighted by Gasteiger charge is 2.31. The number of carbonyl (C=O) groups excluding carboxylic acids is 1. The lowest BCUT2D eigenvalue weighted by Crippen LogP contribution is -2.45. The molecule has 13 heavy (non-hydrogen) atoms. The molecule has 0 rings (SSSR count). The van der Waals surface area contributed by atoms with E-state index in [1.54, 1.807) is 6.92 Å². The summed E-state index contributed by atoms with van der Waals surface area (Å²) in [6.45, 7) is 10.3. The van der Waals surface area contributed by atoms with E-state index in [1.807, 2.05) is 7.05 Å². The fourth-order valence-corrected chi connectivity index (χ4v) is 2.31. The molecule has 2 nitrogen and oxygen atoms in total. The Morgan fingerprint density at radius 2 is 1.85 bits per heavy atom. The third-order valence-corrected chi connectivity index (χ3v) is 2.41. The van der Waals surface area contributed by atoms with Gasteiger partial charge in [-0.25, -0.2) is 0 Å². The van der Waals surface area contributed by atoms with Crippen LogP contribution in [0.4, 0.5) is 0 Å². The average molecular weight is 185 g/mol. The zero-order chi connectivity index (χ0) is 10.6. The van der Waals surface area contributed by atoms with Crippen molar-refractivity contribution in [3.05, 3.63) is 0 Å². The van der Waals surface area contributed by atoms with E-state index >= 15 is 0 Å². The molecule has 0 saturated heterocycles. The summed E-state index contributed by atoms with van der Waals surface area (Å²) in [4.78, 5) is 11.3. The van der Waals surface area contributed by atoms with E-state index in [2.05, 4.69) is 33.0 Å². The Morgan fingerprint density at radius 1 is 1.38 bits per heavy atom. The third-order valence-electron chi connectivity index (χ3n) is 2.41. The van der Waals surface area contributed by atoms with E-state index < -0.39 is 0 Å². The van der Waals surface area contributed by atoms with Crippen LogP contribution in [0, 0.1) is 11.3 Å². The first-order valence-electron chi connectivity index (χ1n) is 4.99. The number of Topliss-reactive ketones (excluding diaryl/α,β-unsaturated/α-hetero) is 1. The summed E-state index contributed by atoms with van der Waals surface area (Å²) in [6.07, 6.45) is 1.07. The molecule has 1 N–H and O–H groups in total. The van der Waals surface area contributed by atoms with Crippen LogP contribution in [0.1, 0.15) is 41.0 Å².